The number of rotatable bonds is 5. The second-order valence-corrected chi connectivity index (χ2v) is 14.2. The van der Waals surface area contributed by atoms with Gasteiger partial charge in [0.25, 0.3) is 0 Å². The Hall–Kier alpha value is -6.38. The van der Waals surface area contributed by atoms with Gasteiger partial charge >= 0.3 is 0 Å². The van der Waals surface area contributed by atoms with Crippen LogP contribution in [-0.2, 0) is 5.41 Å². The highest BCUT2D eigenvalue weighted by Gasteiger charge is 2.36. The van der Waals surface area contributed by atoms with Crippen molar-refractivity contribution in [2.75, 3.05) is 4.90 Å². The highest BCUT2D eigenvalue weighted by atomic mass is 15.1. The SMILES string of the molecule is CC1(C)c2ccccc2-c2cc3c4cc(-c5cccc6c(N(c7ccccc7)c7ccccc7)cccc56)ccc4n(-c4ccccc4)c3cc21. The van der Waals surface area contributed by atoms with Gasteiger partial charge in [-0.25, -0.2) is 0 Å². The molecule has 1 aliphatic carbocycles. The summed E-state index contributed by atoms with van der Waals surface area (Å²) in [6.45, 7) is 4.73. The maximum absolute atomic E-state index is 2.46. The van der Waals surface area contributed by atoms with Crippen LogP contribution in [0.3, 0.4) is 0 Å². The van der Waals surface area contributed by atoms with Gasteiger partial charge in [0.1, 0.15) is 0 Å². The van der Waals surface area contributed by atoms with E-state index >= 15 is 0 Å². The Morgan fingerprint density at radius 2 is 1.02 bits per heavy atom. The van der Waals surface area contributed by atoms with Gasteiger partial charge in [0.15, 0.2) is 0 Å². The molecule has 51 heavy (non-hydrogen) atoms. The summed E-state index contributed by atoms with van der Waals surface area (Å²) in [6.07, 6.45) is 0. The predicted octanol–water partition coefficient (Wildman–Crippen LogP) is 13.4. The molecule has 8 aromatic carbocycles. The average Bonchev–Trinajstić information content (AvgIpc) is 3.62. The molecule has 0 amide bonds. The van der Waals surface area contributed by atoms with Crippen molar-refractivity contribution >= 4 is 49.6 Å². The zero-order valence-corrected chi connectivity index (χ0v) is 28.7. The Bertz CT molecular complexity index is 2720. The molecule has 2 heteroatoms. The van der Waals surface area contributed by atoms with E-state index in [2.05, 4.69) is 205 Å². The number of fused-ring (bicyclic) bond motifs is 7. The molecule has 0 fully saturated rings. The third kappa shape index (κ3) is 4.50. The minimum Gasteiger partial charge on any atom is -0.310 e. The Kier molecular flexibility index (Phi) is 6.56. The van der Waals surface area contributed by atoms with E-state index in [0.29, 0.717) is 0 Å². The van der Waals surface area contributed by atoms with Crippen molar-refractivity contribution in [1.82, 2.24) is 4.57 Å². The summed E-state index contributed by atoms with van der Waals surface area (Å²) in [5.74, 6) is 0. The molecule has 0 bridgehead atoms. The summed E-state index contributed by atoms with van der Waals surface area (Å²) in [6, 6.07) is 66.5. The fourth-order valence-electron chi connectivity index (χ4n) is 8.56. The molecule has 0 saturated carbocycles. The van der Waals surface area contributed by atoms with E-state index in [1.807, 2.05) is 0 Å². The number of anilines is 3. The zero-order valence-electron chi connectivity index (χ0n) is 28.7. The molecule has 0 radical (unpaired) electrons. The lowest BCUT2D eigenvalue weighted by Crippen LogP contribution is -2.14. The third-order valence-electron chi connectivity index (χ3n) is 11.0. The van der Waals surface area contributed by atoms with Crippen LogP contribution in [0.5, 0.6) is 0 Å². The second-order valence-electron chi connectivity index (χ2n) is 14.2. The van der Waals surface area contributed by atoms with Crippen molar-refractivity contribution < 1.29 is 0 Å². The van der Waals surface area contributed by atoms with Gasteiger partial charge < -0.3 is 9.47 Å². The van der Waals surface area contributed by atoms with Crippen LogP contribution in [-0.4, -0.2) is 4.57 Å². The van der Waals surface area contributed by atoms with Crippen LogP contribution in [0.2, 0.25) is 0 Å². The van der Waals surface area contributed by atoms with E-state index in [0.717, 1.165) is 17.1 Å². The van der Waals surface area contributed by atoms with Crippen molar-refractivity contribution in [3.63, 3.8) is 0 Å². The monoisotopic (exact) mass is 652 g/mol. The van der Waals surface area contributed by atoms with Gasteiger partial charge in [-0.05, 0) is 105 Å². The molecule has 1 aromatic heterocycles. The largest absolute Gasteiger partial charge is 0.310 e. The Morgan fingerprint density at radius 1 is 0.412 bits per heavy atom. The predicted molar refractivity (Wildman–Crippen MR) is 216 cm³/mol. The van der Waals surface area contributed by atoms with Crippen molar-refractivity contribution in [2.24, 2.45) is 0 Å². The average molecular weight is 653 g/mol. The highest BCUT2D eigenvalue weighted by Crippen LogP contribution is 2.51. The van der Waals surface area contributed by atoms with Gasteiger partial charge in [0.2, 0.25) is 0 Å². The fourth-order valence-corrected chi connectivity index (χ4v) is 8.56. The molecule has 242 valence electrons. The quantitative estimate of drug-likeness (QED) is 0.180. The van der Waals surface area contributed by atoms with Crippen molar-refractivity contribution in [2.45, 2.75) is 19.3 Å². The minimum atomic E-state index is -0.0721. The summed E-state index contributed by atoms with van der Waals surface area (Å²) in [4.78, 5) is 2.36. The number of nitrogens with zero attached hydrogens (tertiary/aromatic N) is 2. The molecule has 0 unspecified atom stereocenters. The number of para-hydroxylation sites is 3. The molecule has 0 atom stereocenters. The van der Waals surface area contributed by atoms with Gasteiger partial charge in [0.05, 0.1) is 16.7 Å². The van der Waals surface area contributed by atoms with E-state index in [1.54, 1.807) is 0 Å². The highest BCUT2D eigenvalue weighted by molar-refractivity contribution is 6.14. The zero-order chi connectivity index (χ0) is 34.1. The van der Waals surface area contributed by atoms with Crippen LogP contribution >= 0.6 is 0 Å². The molecule has 0 saturated heterocycles. The Labute approximate surface area is 298 Å². The maximum atomic E-state index is 2.46. The molecule has 9 aromatic rings. The topological polar surface area (TPSA) is 8.17 Å². The minimum absolute atomic E-state index is 0.0721. The molecule has 10 rings (SSSR count). The second kappa shape index (κ2) is 11.3. The van der Waals surface area contributed by atoms with E-state index in [1.165, 1.54) is 71.6 Å². The number of aromatic nitrogens is 1. The van der Waals surface area contributed by atoms with Gasteiger partial charge in [-0.3, -0.25) is 0 Å². The standard InChI is InChI=1S/C49H36N2/c1-49(2)44-26-13-12-22-39(44)41-31-43-42-30-33(28-29-47(42)51(48(43)32-45(41)49)36-20-10-5-11-21-36)37-23-14-25-40-38(37)24-15-27-46(40)50(34-16-6-3-7-17-34)35-18-8-4-9-19-35/h3-32H,1-2H3. The van der Waals surface area contributed by atoms with E-state index in [-0.39, 0.29) is 5.41 Å². The lowest BCUT2D eigenvalue weighted by molar-refractivity contribution is 0.661. The van der Waals surface area contributed by atoms with Crippen molar-refractivity contribution in [1.29, 1.82) is 0 Å². The third-order valence-corrected chi connectivity index (χ3v) is 11.0. The van der Waals surface area contributed by atoms with Crippen LogP contribution in [0.15, 0.2) is 182 Å². The van der Waals surface area contributed by atoms with Crippen LogP contribution in [0.25, 0.3) is 60.5 Å². The molecular formula is C49H36N2. The summed E-state index contributed by atoms with van der Waals surface area (Å²) in [5, 5.41) is 4.99. The first-order valence-electron chi connectivity index (χ1n) is 17.8. The van der Waals surface area contributed by atoms with E-state index in [4.69, 9.17) is 0 Å². The van der Waals surface area contributed by atoms with Crippen LogP contribution < -0.4 is 4.90 Å². The van der Waals surface area contributed by atoms with Crippen molar-refractivity contribution in [3.8, 4) is 27.9 Å². The maximum Gasteiger partial charge on any atom is 0.0544 e. The van der Waals surface area contributed by atoms with Gasteiger partial charge in [-0.1, -0.05) is 129 Å². The molecule has 1 heterocycles. The molecule has 2 nitrogen and oxygen atoms in total. The molecule has 0 N–H and O–H groups in total. The van der Waals surface area contributed by atoms with Crippen LogP contribution in [0.4, 0.5) is 17.1 Å². The molecular weight excluding hydrogens is 617 g/mol. The normalized spacial score (nSPS) is 13.1. The molecule has 1 aliphatic rings. The van der Waals surface area contributed by atoms with Crippen LogP contribution in [0, 0.1) is 0 Å². The summed E-state index contributed by atoms with van der Waals surface area (Å²) in [7, 11) is 0. The van der Waals surface area contributed by atoms with Gasteiger partial charge in [-0.2, -0.15) is 0 Å². The smallest absolute Gasteiger partial charge is 0.0544 e. The molecule has 0 aliphatic heterocycles. The van der Waals surface area contributed by atoms with E-state index < -0.39 is 0 Å². The van der Waals surface area contributed by atoms with Crippen LogP contribution in [0.1, 0.15) is 25.0 Å². The summed E-state index contributed by atoms with van der Waals surface area (Å²) >= 11 is 0. The van der Waals surface area contributed by atoms with Gasteiger partial charge in [-0.15, -0.1) is 0 Å². The lowest BCUT2D eigenvalue weighted by atomic mass is 9.82. The summed E-state index contributed by atoms with van der Waals surface area (Å²) in [5.41, 5.74) is 14.9. The Balaban J connectivity index is 1.21. The van der Waals surface area contributed by atoms with Gasteiger partial charge in [0, 0.05) is 38.6 Å². The van der Waals surface area contributed by atoms with E-state index in [9.17, 15) is 0 Å². The fraction of sp³-hybridized carbons (Fsp3) is 0.0612. The Morgan fingerprint density at radius 3 is 1.76 bits per heavy atom. The first kappa shape index (κ1) is 29.5. The number of hydrogen-bond acceptors (Lipinski definition) is 1. The van der Waals surface area contributed by atoms with Crippen molar-refractivity contribution in [3.05, 3.63) is 193 Å². The molecule has 0 spiro atoms. The number of hydrogen-bond donors (Lipinski definition) is 0. The lowest BCUT2D eigenvalue weighted by Gasteiger charge is -2.27. The first-order chi connectivity index (χ1) is 25.1. The number of benzene rings is 8. The first-order valence-corrected chi connectivity index (χ1v) is 17.8. The summed E-state index contributed by atoms with van der Waals surface area (Å²) < 4.78 is 2.45.